The van der Waals surface area contributed by atoms with Crippen LogP contribution >= 0.6 is 0 Å². The highest BCUT2D eigenvalue weighted by Crippen LogP contribution is 2.32. The molecule has 1 unspecified atom stereocenters. The van der Waals surface area contributed by atoms with Gasteiger partial charge in [-0.3, -0.25) is 0 Å². The summed E-state index contributed by atoms with van der Waals surface area (Å²) in [6.45, 7) is 8.31. The summed E-state index contributed by atoms with van der Waals surface area (Å²) in [5.41, 5.74) is 2.07. The Labute approximate surface area is 113 Å². The molecule has 1 heterocycles. The van der Waals surface area contributed by atoms with Gasteiger partial charge in [-0.05, 0) is 23.5 Å². The third kappa shape index (κ3) is 2.84. The second-order valence-corrected chi connectivity index (χ2v) is 5.68. The second kappa shape index (κ2) is 5.13. The van der Waals surface area contributed by atoms with Crippen LogP contribution in [0.3, 0.4) is 0 Å². The number of aliphatic hydroxyl groups is 1. The number of aromatic nitrogens is 2. The number of nitrogens with zero attached hydrogens (tertiary/aromatic N) is 2. The van der Waals surface area contributed by atoms with Crippen LogP contribution < -0.4 is 0 Å². The Morgan fingerprint density at radius 1 is 1.26 bits per heavy atom. The SMILES string of the molecule is CCC(O)c1noc(-c2ccccc2C(C)(C)C)n1. The first-order valence-electron chi connectivity index (χ1n) is 6.55. The molecule has 4 heteroatoms. The normalized spacial score (nSPS) is 13.5. The van der Waals surface area contributed by atoms with Gasteiger partial charge in [-0.15, -0.1) is 0 Å². The molecule has 2 aromatic rings. The molecular weight excluding hydrogens is 240 g/mol. The van der Waals surface area contributed by atoms with Crippen molar-refractivity contribution in [2.24, 2.45) is 0 Å². The van der Waals surface area contributed by atoms with E-state index in [4.69, 9.17) is 4.52 Å². The monoisotopic (exact) mass is 260 g/mol. The van der Waals surface area contributed by atoms with Gasteiger partial charge in [0.1, 0.15) is 6.10 Å². The summed E-state index contributed by atoms with van der Waals surface area (Å²) in [7, 11) is 0. The van der Waals surface area contributed by atoms with Gasteiger partial charge in [0.25, 0.3) is 5.89 Å². The lowest BCUT2D eigenvalue weighted by Crippen LogP contribution is -2.12. The van der Waals surface area contributed by atoms with E-state index in [2.05, 4.69) is 37.0 Å². The molecule has 1 N–H and O–H groups in total. The Kier molecular flexibility index (Phi) is 3.71. The smallest absolute Gasteiger partial charge is 0.258 e. The van der Waals surface area contributed by atoms with Gasteiger partial charge in [0, 0.05) is 5.56 Å². The average molecular weight is 260 g/mol. The van der Waals surface area contributed by atoms with Crippen LogP contribution in [0, 0.1) is 0 Å². The van der Waals surface area contributed by atoms with Crippen molar-refractivity contribution in [1.82, 2.24) is 10.1 Å². The minimum absolute atomic E-state index is 0.00536. The number of aliphatic hydroxyl groups excluding tert-OH is 1. The predicted molar refractivity (Wildman–Crippen MR) is 73.7 cm³/mol. The zero-order chi connectivity index (χ0) is 14.0. The summed E-state index contributed by atoms with van der Waals surface area (Å²) >= 11 is 0. The molecule has 0 aliphatic rings. The fourth-order valence-electron chi connectivity index (χ4n) is 1.99. The summed E-state index contributed by atoms with van der Waals surface area (Å²) in [6.07, 6.45) is -0.0980. The van der Waals surface area contributed by atoms with Crippen molar-refractivity contribution in [1.29, 1.82) is 0 Å². The summed E-state index contributed by atoms with van der Waals surface area (Å²) < 4.78 is 5.29. The molecule has 0 spiro atoms. The van der Waals surface area contributed by atoms with E-state index < -0.39 is 6.10 Å². The van der Waals surface area contributed by atoms with E-state index in [0.717, 1.165) is 11.1 Å². The highest BCUT2D eigenvalue weighted by molar-refractivity contribution is 5.60. The molecule has 0 bridgehead atoms. The molecule has 4 nitrogen and oxygen atoms in total. The van der Waals surface area contributed by atoms with Gasteiger partial charge in [-0.2, -0.15) is 4.98 Å². The van der Waals surface area contributed by atoms with Crippen LogP contribution in [-0.2, 0) is 5.41 Å². The zero-order valence-electron chi connectivity index (χ0n) is 11.8. The molecule has 1 aromatic heterocycles. The summed E-state index contributed by atoms with van der Waals surface area (Å²) in [5, 5.41) is 13.6. The van der Waals surface area contributed by atoms with Crippen molar-refractivity contribution in [3.63, 3.8) is 0 Å². The predicted octanol–water partition coefficient (Wildman–Crippen LogP) is 3.48. The highest BCUT2D eigenvalue weighted by atomic mass is 16.5. The van der Waals surface area contributed by atoms with Gasteiger partial charge in [0.05, 0.1) is 0 Å². The third-order valence-electron chi connectivity index (χ3n) is 3.09. The lowest BCUT2D eigenvalue weighted by atomic mass is 9.84. The van der Waals surface area contributed by atoms with Gasteiger partial charge in [0.2, 0.25) is 5.82 Å². The van der Waals surface area contributed by atoms with Crippen LogP contribution in [0.15, 0.2) is 28.8 Å². The van der Waals surface area contributed by atoms with Gasteiger partial charge >= 0.3 is 0 Å². The quantitative estimate of drug-likeness (QED) is 0.917. The summed E-state index contributed by atoms with van der Waals surface area (Å²) in [6, 6.07) is 7.98. The average Bonchev–Trinajstić information content (AvgIpc) is 2.86. The Bertz CT molecular complexity index is 555. The molecule has 0 amide bonds. The van der Waals surface area contributed by atoms with Crippen molar-refractivity contribution >= 4 is 0 Å². The minimum Gasteiger partial charge on any atom is -0.385 e. The second-order valence-electron chi connectivity index (χ2n) is 5.68. The van der Waals surface area contributed by atoms with Crippen LogP contribution in [0.4, 0.5) is 0 Å². The van der Waals surface area contributed by atoms with E-state index in [1.165, 1.54) is 0 Å². The van der Waals surface area contributed by atoms with Gasteiger partial charge < -0.3 is 9.63 Å². The molecule has 102 valence electrons. The lowest BCUT2D eigenvalue weighted by Gasteiger charge is -2.21. The van der Waals surface area contributed by atoms with Crippen LogP contribution in [-0.4, -0.2) is 15.2 Å². The lowest BCUT2D eigenvalue weighted by molar-refractivity contribution is 0.159. The molecule has 19 heavy (non-hydrogen) atoms. The maximum Gasteiger partial charge on any atom is 0.258 e. The maximum atomic E-state index is 9.73. The Hall–Kier alpha value is -1.68. The molecule has 0 fully saturated rings. The highest BCUT2D eigenvalue weighted by Gasteiger charge is 2.22. The Morgan fingerprint density at radius 2 is 1.95 bits per heavy atom. The molecule has 2 rings (SSSR count). The Balaban J connectivity index is 2.45. The first kappa shape index (κ1) is 13.7. The van der Waals surface area contributed by atoms with Gasteiger partial charge in [-0.25, -0.2) is 0 Å². The standard InChI is InChI=1S/C15H20N2O2/c1-5-12(18)13-16-14(19-17-13)10-8-6-7-9-11(10)15(2,3)4/h6-9,12,18H,5H2,1-4H3. The largest absolute Gasteiger partial charge is 0.385 e. The van der Waals surface area contributed by atoms with E-state index in [1.54, 1.807) is 0 Å². The van der Waals surface area contributed by atoms with Crippen molar-refractivity contribution in [2.75, 3.05) is 0 Å². The van der Waals surface area contributed by atoms with E-state index in [1.807, 2.05) is 25.1 Å². The van der Waals surface area contributed by atoms with E-state index in [0.29, 0.717) is 18.1 Å². The molecule has 1 atom stereocenters. The van der Waals surface area contributed by atoms with Crippen molar-refractivity contribution in [3.8, 4) is 11.5 Å². The fraction of sp³-hybridized carbons (Fsp3) is 0.467. The molecule has 0 radical (unpaired) electrons. The van der Waals surface area contributed by atoms with Crippen molar-refractivity contribution in [2.45, 2.75) is 45.6 Å². The molecule has 0 saturated carbocycles. The number of hydrogen-bond acceptors (Lipinski definition) is 4. The first-order valence-corrected chi connectivity index (χ1v) is 6.55. The van der Waals surface area contributed by atoms with Crippen molar-refractivity contribution < 1.29 is 9.63 Å². The van der Waals surface area contributed by atoms with Crippen LogP contribution in [0.5, 0.6) is 0 Å². The minimum atomic E-state index is -0.667. The van der Waals surface area contributed by atoms with E-state index >= 15 is 0 Å². The van der Waals surface area contributed by atoms with E-state index in [-0.39, 0.29) is 5.41 Å². The molecule has 0 saturated heterocycles. The first-order chi connectivity index (χ1) is 8.93. The fourth-order valence-corrected chi connectivity index (χ4v) is 1.99. The molecular formula is C15H20N2O2. The van der Waals surface area contributed by atoms with Gasteiger partial charge in [-0.1, -0.05) is 51.1 Å². The zero-order valence-corrected chi connectivity index (χ0v) is 11.8. The Morgan fingerprint density at radius 3 is 2.58 bits per heavy atom. The number of rotatable bonds is 3. The van der Waals surface area contributed by atoms with Crippen molar-refractivity contribution in [3.05, 3.63) is 35.7 Å². The van der Waals surface area contributed by atoms with Crippen LogP contribution in [0.1, 0.15) is 51.6 Å². The summed E-state index contributed by atoms with van der Waals surface area (Å²) in [5.74, 6) is 0.814. The van der Waals surface area contributed by atoms with Crippen LogP contribution in [0.2, 0.25) is 0 Å². The molecule has 0 aliphatic heterocycles. The molecule has 1 aromatic carbocycles. The number of hydrogen-bond donors (Lipinski definition) is 1. The topological polar surface area (TPSA) is 59.2 Å². The molecule has 0 aliphatic carbocycles. The van der Waals surface area contributed by atoms with Gasteiger partial charge in [0.15, 0.2) is 0 Å². The number of benzene rings is 1. The summed E-state index contributed by atoms with van der Waals surface area (Å²) in [4.78, 5) is 4.30. The maximum absolute atomic E-state index is 9.73. The van der Waals surface area contributed by atoms with E-state index in [9.17, 15) is 5.11 Å². The van der Waals surface area contributed by atoms with Crippen LogP contribution in [0.25, 0.3) is 11.5 Å². The third-order valence-corrected chi connectivity index (χ3v) is 3.09.